The van der Waals surface area contributed by atoms with Crippen molar-refractivity contribution < 1.29 is 8.78 Å². The summed E-state index contributed by atoms with van der Waals surface area (Å²) in [5, 5.41) is 0. The highest BCUT2D eigenvalue weighted by Gasteiger charge is 2.23. The summed E-state index contributed by atoms with van der Waals surface area (Å²) < 4.78 is 35.1. The molecule has 266 valence electrons. The van der Waals surface area contributed by atoms with E-state index in [2.05, 4.69) is 0 Å². The predicted octanol–water partition coefficient (Wildman–Crippen LogP) is 11.2. The minimum atomic E-state index is -0.396. The highest BCUT2D eigenvalue weighted by atomic mass is 19.1. The van der Waals surface area contributed by atoms with Crippen LogP contribution in [0, 0.1) is 11.6 Å². The molecular weight excluding hydrogens is 701 g/mol. The first-order chi connectivity index (χ1) is 27.6. The van der Waals surface area contributed by atoms with Gasteiger partial charge in [-0.25, -0.2) is 33.7 Å². The fourth-order valence-electron chi connectivity index (χ4n) is 7.15. The third kappa shape index (κ3) is 5.79. The Hall–Kier alpha value is -7.65. The summed E-state index contributed by atoms with van der Waals surface area (Å²) in [4.78, 5) is 25.2. The van der Waals surface area contributed by atoms with Crippen LogP contribution in [0.5, 0.6) is 0 Å². The Labute approximate surface area is 319 Å². The van der Waals surface area contributed by atoms with Crippen molar-refractivity contribution in [3.63, 3.8) is 0 Å². The van der Waals surface area contributed by atoms with E-state index in [0.29, 0.717) is 68.2 Å². The van der Waals surface area contributed by atoms with Crippen LogP contribution in [0.1, 0.15) is 0 Å². The van der Waals surface area contributed by atoms with Crippen molar-refractivity contribution in [2.45, 2.75) is 0 Å². The minimum Gasteiger partial charge on any atom is -0.289 e. The van der Waals surface area contributed by atoms with E-state index in [1.807, 2.05) is 137 Å². The molecule has 56 heavy (non-hydrogen) atoms. The van der Waals surface area contributed by atoms with Crippen molar-refractivity contribution in [3.05, 3.63) is 188 Å². The van der Waals surface area contributed by atoms with Crippen molar-refractivity contribution in [2.24, 2.45) is 0 Å². The zero-order valence-electron chi connectivity index (χ0n) is 29.6. The molecule has 0 unspecified atom stereocenters. The molecular formula is C47H29F2N7. The van der Waals surface area contributed by atoms with Gasteiger partial charge < -0.3 is 0 Å². The van der Waals surface area contributed by atoms with Crippen molar-refractivity contribution in [1.29, 1.82) is 0 Å². The number of fused-ring (bicyclic) bond motifs is 2. The molecule has 10 rings (SSSR count). The molecule has 3 heterocycles. The average molecular weight is 730 g/mol. The van der Waals surface area contributed by atoms with Crippen molar-refractivity contribution >= 4 is 22.1 Å². The topological polar surface area (TPSA) is 74.3 Å². The van der Waals surface area contributed by atoms with Gasteiger partial charge in [0.05, 0.1) is 33.4 Å². The molecule has 0 N–H and O–H groups in total. The molecule has 3 aromatic heterocycles. The molecule has 0 spiro atoms. The van der Waals surface area contributed by atoms with E-state index in [-0.39, 0.29) is 0 Å². The van der Waals surface area contributed by atoms with E-state index in [9.17, 15) is 0 Å². The Morgan fingerprint density at radius 3 is 1.12 bits per heavy atom. The number of benzene rings is 7. The van der Waals surface area contributed by atoms with Gasteiger partial charge in [0.2, 0.25) is 0 Å². The quantitative estimate of drug-likeness (QED) is 0.163. The van der Waals surface area contributed by atoms with Crippen LogP contribution in [0.2, 0.25) is 0 Å². The number of nitrogens with zero attached hydrogens (tertiary/aromatic N) is 7. The number of halogens is 2. The van der Waals surface area contributed by atoms with Crippen LogP contribution in [0.3, 0.4) is 0 Å². The average Bonchev–Trinajstić information content (AvgIpc) is 3.84. The Morgan fingerprint density at radius 2 is 0.679 bits per heavy atom. The number of para-hydroxylation sites is 6. The van der Waals surface area contributed by atoms with E-state index in [1.165, 1.54) is 12.1 Å². The second-order valence-corrected chi connectivity index (χ2v) is 13.3. The van der Waals surface area contributed by atoms with Gasteiger partial charge in [0.1, 0.15) is 23.3 Å². The molecule has 0 radical (unpaired) electrons. The second-order valence-electron chi connectivity index (χ2n) is 13.3. The first-order valence-electron chi connectivity index (χ1n) is 18.1. The Kier molecular flexibility index (Phi) is 8.03. The Morgan fingerprint density at radius 1 is 0.321 bits per heavy atom. The summed E-state index contributed by atoms with van der Waals surface area (Å²) in [6.45, 7) is 0. The number of aromatic nitrogens is 7. The lowest BCUT2D eigenvalue weighted by molar-refractivity contribution is 0.619. The largest absolute Gasteiger partial charge is 0.289 e. The summed E-state index contributed by atoms with van der Waals surface area (Å²) in [6, 6.07) is 54.0. The number of hydrogen-bond acceptors (Lipinski definition) is 5. The van der Waals surface area contributed by atoms with Gasteiger partial charge in [0, 0.05) is 27.8 Å². The van der Waals surface area contributed by atoms with Gasteiger partial charge in [-0.2, -0.15) is 0 Å². The normalized spacial score (nSPS) is 11.4. The summed E-state index contributed by atoms with van der Waals surface area (Å²) in [5.74, 6) is 1.60. The van der Waals surface area contributed by atoms with E-state index >= 15 is 8.78 Å². The molecule has 0 aliphatic heterocycles. The summed E-state index contributed by atoms with van der Waals surface area (Å²) >= 11 is 0. The molecule has 0 aliphatic carbocycles. The van der Waals surface area contributed by atoms with Crippen molar-refractivity contribution in [1.82, 2.24) is 34.1 Å². The summed E-state index contributed by atoms with van der Waals surface area (Å²) in [6.07, 6.45) is 0. The molecule has 0 saturated heterocycles. The van der Waals surface area contributed by atoms with Crippen molar-refractivity contribution in [2.75, 3.05) is 0 Å². The van der Waals surface area contributed by atoms with Crippen LogP contribution in [0.4, 0.5) is 8.78 Å². The molecule has 0 amide bonds. The van der Waals surface area contributed by atoms with Crippen LogP contribution in [0.15, 0.2) is 176 Å². The Balaban J connectivity index is 1.30. The van der Waals surface area contributed by atoms with Gasteiger partial charge in [-0.1, -0.05) is 109 Å². The molecule has 0 atom stereocenters. The lowest BCUT2D eigenvalue weighted by atomic mass is 10.0. The first kappa shape index (κ1) is 33.0. The maximum atomic E-state index is 15.7. The molecule has 7 aromatic carbocycles. The van der Waals surface area contributed by atoms with Gasteiger partial charge in [-0.15, -0.1) is 0 Å². The fourth-order valence-corrected chi connectivity index (χ4v) is 7.15. The summed E-state index contributed by atoms with van der Waals surface area (Å²) in [7, 11) is 0. The highest BCUT2D eigenvalue weighted by Crippen LogP contribution is 2.38. The number of imidazole rings is 2. The van der Waals surface area contributed by atoms with Crippen LogP contribution in [-0.4, -0.2) is 34.1 Å². The fraction of sp³-hybridized carbons (Fsp3) is 0. The third-order valence-corrected chi connectivity index (χ3v) is 9.72. The number of rotatable bonds is 7. The van der Waals surface area contributed by atoms with Crippen LogP contribution in [0.25, 0.3) is 90.4 Å². The molecule has 7 nitrogen and oxygen atoms in total. The zero-order chi connectivity index (χ0) is 37.6. The van der Waals surface area contributed by atoms with Crippen LogP contribution < -0.4 is 0 Å². The zero-order valence-corrected chi connectivity index (χ0v) is 29.6. The highest BCUT2D eigenvalue weighted by molar-refractivity contribution is 5.88. The molecule has 10 aromatic rings. The number of hydrogen-bond donors (Lipinski definition) is 0. The maximum absolute atomic E-state index is 15.7. The van der Waals surface area contributed by atoms with Gasteiger partial charge in [-0.05, 0) is 66.7 Å². The second kappa shape index (κ2) is 13.6. The lowest BCUT2D eigenvalue weighted by Crippen LogP contribution is -2.04. The molecule has 0 aliphatic rings. The smallest absolute Gasteiger partial charge is 0.164 e. The molecule has 0 bridgehead atoms. The van der Waals surface area contributed by atoms with E-state index in [1.54, 1.807) is 36.4 Å². The van der Waals surface area contributed by atoms with E-state index in [4.69, 9.17) is 24.9 Å². The predicted molar refractivity (Wildman–Crippen MR) is 216 cm³/mol. The molecule has 9 heteroatoms. The van der Waals surface area contributed by atoms with Crippen LogP contribution >= 0.6 is 0 Å². The maximum Gasteiger partial charge on any atom is 0.164 e. The third-order valence-electron chi connectivity index (χ3n) is 9.72. The molecule has 0 fully saturated rings. The van der Waals surface area contributed by atoms with Gasteiger partial charge >= 0.3 is 0 Å². The lowest BCUT2D eigenvalue weighted by Gasteiger charge is -2.15. The minimum absolute atomic E-state index is 0.347. The standard InChI is InChI=1S/C47H29F2N7/c48-35-19-7-11-23-39(35)55-41-25-13-9-21-37(41)50-46(55)33-27-32(45-53-43(30-15-3-1-4-16-30)52-44(54-45)31-17-5-2-6-18-31)28-34(29-33)47-51-38-22-10-14-26-42(38)56(47)40-24-12-8-20-36(40)49/h1-29H. The van der Waals surface area contributed by atoms with Gasteiger partial charge in [0.15, 0.2) is 17.5 Å². The van der Waals surface area contributed by atoms with Gasteiger partial charge in [0.25, 0.3) is 0 Å². The monoisotopic (exact) mass is 729 g/mol. The SMILES string of the molecule is Fc1ccccc1-n1c(-c2cc(-c3nc(-c4ccccc4)nc(-c4ccccc4)n3)cc(-c3nc4ccccc4n3-c3ccccc3F)c2)nc2ccccc21. The molecule has 0 saturated carbocycles. The Bertz CT molecular complexity index is 2870. The summed E-state index contributed by atoms with van der Waals surface area (Å²) in [5.41, 5.74) is 7.11. The van der Waals surface area contributed by atoms with Gasteiger partial charge in [-0.3, -0.25) is 9.13 Å². The van der Waals surface area contributed by atoms with Crippen molar-refractivity contribution in [3.8, 4) is 68.3 Å². The van der Waals surface area contributed by atoms with E-state index in [0.717, 1.165) is 22.2 Å². The first-order valence-corrected chi connectivity index (χ1v) is 18.1. The van der Waals surface area contributed by atoms with Crippen LogP contribution in [-0.2, 0) is 0 Å². The van der Waals surface area contributed by atoms with E-state index < -0.39 is 11.6 Å².